The van der Waals surface area contributed by atoms with Gasteiger partial charge in [-0.25, -0.2) is 12.8 Å². The molecule has 0 bridgehead atoms. The molecule has 0 aliphatic carbocycles. The highest BCUT2D eigenvalue weighted by molar-refractivity contribution is 7.89. The van der Waals surface area contributed by atoms with Crippen molar-refractivity contribution in [3.8, 4) is 11.5 Å². The predicted molar refractivity (Wildman–Crippen MR) is 142 cm³/mol. The van der Waals surface area contributed by atoms with Gasteiger partial charge in [0, 0.05) is 17.1 Å². The maximum absolute atomic E-state index is 14.4. The molecule has 190 valence electrons. The lowest BCUT2D eigenvalue weighted by molar-refractivity contribution is -0.116. The van der Waals surface area contributed by atoms with E-state index in [1.165, 1.54) is 36.4 Å². The summed E-state index contributed by atoms with van der Waals surface area (Å²) in [5.41, 5.74) is 1.28. The van der Waals surface area contributed by atoms with Crippen LogP contribution in [0.5, 0.6) is 11.5 Å². The van der Waals surface area contributed by atoms with E-state index in [0.29, 0.717) is 16.5 Å². The molecule has 0 heterocycles. The largest absolute Gasteiger partial charge is 0.455 e. The number of rotatable bonds is 9. The third kappa shape index (κ3) is 6.74. The standard InChI is InChI=1S/C28H24ClFN2O4S/c1-20-11-14-24(15-12-20)37(34,35)32(18-21-7-5-6-10-25(21)30)19-28(33)31-26-17-22(29)13-16-27(26)36-23-8-3-2-4-9-23/h2-17H,18-19H2,1H3,(H,31,33). The van der Waals surface area contributed by atoms with Crippen LogP contribution in [0.4, 0.5) is 10.1 Å². The van der Waals surface area contributed by atoms with Crippen LogP contribution in [0.15, 0.2) is 102 Å². The number of benzene rings is 4. The van der Waals surface area contributed by atoms with E-state index in [-0.39, 0.29) is 22.7 Å². The number of carbonyl (C=O) groups is 1. The van der Waals surface area contributed by atoms with Crippen LogP contribution >= 0.6 is 11.6 Å². The lowest BCUT2D eigenvalue weighted by Crippen LogP contribution is -2.37. The number of hydrogen-bond donors (Lipinski definition) is 1. The Morgan fingerprint density at radius 1 is 0.946 bits per heavy atom. The third-order valence-corrected chi connectivity index (χ3v) is 7.51. The molecule has 4 aromatic carbocycles. The highest BCUT2D eigenvalue weighted by Crippen LogP contribution is 2.32. The molecule has 9 heteroatoms. The van der Waals surface area contributed by atoms with Crippen molar-refractivity contribution in [3.05, 3.63) is 119 Å². The van der Waals surface area contributed by atoms with E-state index in [2.05, 4.69) is 5.32 Å². The number of ether oxygens (including phenoxy) is 1. The summed E-state index contributed by atoms with van der Waals surface area (Å²) in [5, 5.41) is 3.04. The molecule has 0 aliphatic heterocycles. The number of carbonyl (C=O) groups excluding carboxylic acids is 1. The molecular weight excluding hydrogens is 515 g/mol. The Balaban J connectivity index is 1.61. The SMILES string of the molecule is Cc1ccc(S(=O)(=O)N(CC(=O)Nc2cc(Cl)ccc2Oc2ccccc2)Cc2ccccc2F)cc1. The monoisotopic (exact) mass is 538 g/mol. The summed E-state index contributed by atoms with van der Waals surface area (Å²) in [5.74, 6) is -0.345. The lowest BCUT2D eigenvalue weighted by atomic mass is 10.2. The summed E-state index contributed by atoms with van der Waals surface area (Å²) in [6, 6.07) is 25.8. The van der Waals surface area contributed by atoms with Gasteiger partial charge >= 0.3 is 0 Å². The summed E-state index contributed by atoms with van der Waals surface area (Å²) >= 11 is 6.14. The van der Waals surface area contributed by atoms with E-state index in [1.807, 2.05) is 13.0 Å². The second-order valence-electron chi connectivity index (χ2n) is 8.28. The van der Waals surface area contributed by atoms with Gasteiger partial charge in [0.25, 0.3) is 0 Å². The molecule has 6 nitrogen and oxygen atoms in total. The average Bonchev–Trinajstić information content (AvgIpc) is 2.87. The van der Waals surface area contributed by atoms with Crippen molar-refractivity contribution in [2.75, 3.05) is 11.9 Å². The fourth-order valence-electron chi connectivity index (χ4n) is 3.56. The van der Waals surface area contributed by atoms with E-state index >= 15 is 0 Å². The molecule has 0 unspecified atom stereocenters. The Hall–Kier alpha value is -3.72. The minimum Gasteiger partial charge on any atom is -0.455 e. The normalized spacial score (nSPS) is 11.4. The zero-order valence-corrected chi connectivity index (χ0v) is 21.5. The zero-order chi connectivity index (χ0) is 26.4. The smallest absolute Gasteiger partial charge is 0.243 e. The van der Waals surface area contributed by atoms with Crippen LogP contribution < -0.4 is 10.1 Å². The first-order chi connectivity index (χ1) is 17.7. The molecule has 0 fully saturated rings. The molecule has 0 aromatic heterocycles. The van der Waals surface area contributed by atoms with Gasteiger partial charge in [0.1, 0.15) is 11.6 Å². The highest BCUT2D eigenvalue weighted by atomic mass is 35.5. The molecule has 0 atom stereocenters. The Kier molecular flexibility index (Phi) is 8.23. The van der Waals surface area contributed by atoms with Crippen molar-refractivity contribution in [1.29, 1.82) is 0 Å². The zero-order valence-electron chi connectivity index (χ0n) is 19.9. The molecule has 0 radical (unpaired) electrons. The van der Waals surface area contributed by atoms with Crippen LogP contribution in [0.25, 0.3) is 0 Å². The summed E-state index contributed by atoms with van der Waals surface area (Å²) in [7, 11) is -4.14. The molecule has 4 rings (SSSR count). The fraction of sp³-hybridized carbons (Fsp3) is 0.107. The maximum atomic E-state index is 14.4. The molecule has 4 aromatic rings. The maximum Gasteiger partial charge on any atom is 0.243 e. The van der Waals surface area contributed by atoms with Gasteiger partial charge in [-0.1, -0.05) is 65.7 Å². The van der Waals surface area contributed by atoms with Crippen LogP contribution in [0.1, 0.15) is 11.1 Å². The number of anilines is 1. The Morgan fingerprint density at radius 2 is 1.62 bits per heavy atom. The lowest BCUT2D eigenvalue weighted by Gasteiger charge is -2.23. The fourth-order valence-corrected chi connectivity index (χ4v) is 5.10. The number of halogens is 2. The van der Waals surface area contributed by atoms with Gasteiger partial charge in [-0.15, -0.1) is 0 Å². The number of nitrogens with zero attached hydrogens (tertiary/aromatic N) is 1. The van der Waals surface area contributed by atoms with Crippen LogP contribution in [0, 0.1) is 12.7 Å². The minimum absolute atomic E-state index is 0.00176. The van der Waals surface area contributed by atoms with Crippen molar-refractivity contribution in [1.82, 2.24) is 4.31 Å². The predicted octanol–water partition coefficient (Wildman–Crippen LogP) is 6.41. The number of aryl methyl sites for hydroxylation is 1. The molecule has 1 N–H and O–H groups in total. The molecule has 1 amide bonds. The molecule has 0 saturated carbocycles. The summed E-state index contributed by atoms with van der Waals surface area (Å²) in [4.78, 5) is 13.1. The summed E-state index contributed by atoms with van der Waals surface area (Å²) in [6.45, 7) is 0.933. The van der Waals surface area contributed by atoms with Crippen molar-refractivity contribution < 1.29 is 22.3 Å². The minimum atomic E-state index is -4.14. The van der Waals surface area contributed by atoms with E-state index < -0.39 is 28.3 Å². The van der Waals surface area contributed by atoms with Crippen LogP contribution in [-0.2, 0) is 21.4 Å². The molecular formula is C28H24ClFN2O4S. The number of amides is 1. The first-order valence-corrected chi connectivity index (χ1v) is 13.2. The number of sulfonamides is 1. The van der Waals surface area contributed by atoms with Gasteiger partial charge in [0.2, 0.25) is 15.9 Å². The molecule has 37 heavy (non-hydrogen) atoms. The van der Waals surface area contributed by atoms with Gasteiger partial charge in [0.15, 0.2) is 5.75 Å². The second-order valence-corrected chi connectivity index (χ2v) is 10.7. The van der Waals surface area contributed by atoms with Gasteiger partial charge in [-0.05, 0) is 55.5 Å². The van der Waals surface area contributed by atoms with Crippen molar-refractivity contribution in [2.24, 2.45) is 0 Å². The topological polar surface area (TPSA) is 75.7 Å². The Labute approximate surface area is 220 Å². The van der Waals surface area contributed by atoms with Crippen LogP contribution in [0.2, 0.25) is 5.02 Å². The quantitative estimate of drug-likeness (QED) is 0.267. The van der Waals surface area contributed by atoms with Gasteiger partial charge < -0.3 is 10.1 Å². The van der Waals surface area contributed by atoms with Crippen LogP contribution in [0.3, 0.4) is 0 Å². The van der Waals surface area contributed by atoms with Gasteiger partial charge in [0.05, 0.1) is 17.1 Å². The Morgan fingerprint density at radius 3 is 2.32 bits per heavy atom. The summed E-state index contributed by atoms with van der Waals surface area (Å²) in [6.07, 6.45) is 0. The number of para-hydroxylation sites is 1. The van der Waals surface area contributed by atoms with Crippen molar-refractivity contribution >= 4 is 33.2 Å². The van der Waals surface area contributed by atoms with Gasteiger partial charge in [-0.3, -0.25) is 4.79 Å². The van der Waals surface area contributed by atoms with Crippen molar-refractivity contribution in [2.45, 2.75) is 18.4 Å². The number of hydrogen-bond acceptors (Lipinski definition) is 4. The molecule has 0 spiro atoms. The van der Waals surface area contributed by atoms with Crippen LogP contribution in [-0.4, -0.2) is 25.2 Å². The van der Waals surface area contributed by atoms with E-state index in [4.69, 9.17) is 16.3 Å². The first-order valence-electron chi connectivity index (χ1n) is 11.3. The molecule has 0 aliphatic rings. The molecule has 0 saturated heterocycles. The Bertz CT molecular complexity index is 1500. The highest BCUT2D eigenvalue weighted by Gasteiger charge is 2.28. The average molecular weight is 539 g/mol. The third-order valence-electron chi connectivity index (χ3n) is 5.47. The summed E-state index contributed by atoms with van der Waals surface area (Å²) < 4.78 is 48.2. The van der Waals surface area contributed by atoms with Gasteiger partial charge in [-0.2, -0.15) is 4.31 Å². The second kappa shape index (κ2) is 11.6. The van der Waals surface area contributed by atoms with E-state index in [0.717, 1.165) is 9.87 Å². The first kappa shape index (κ1) is 26.3. The van der Waals surface area contributed by atoms with E-state index in [9.17, 15) is 17.6 Å². The van der Waals surface area contributed by atoms with Crippen molar-refractivity contribution in [3.63, 3.8) is 0 Å². The van der Waals surface area contributed by atoms with E-state index in [1.54, 1.807) is 54.6 Å². The number of nitrogens with one attached hydrogen (secondary N) is 1.